The maximum Gasteiger partial charge on any atom is 0.304 e. The minimum Gasteiger partial charge on any atom is -0.330 e. The number of halogens is 1. The predicted octanol–water partition coefficient (Wildman–Crippen LogP) is 1.51. The SMILES string of the molecule is CN(CCCN)Cc1ccc([N+](=O)[O-])c(F)c1. The normalized spacial score (nSPS) is 10.8. The number of hydrogen-bond acceptors (Lipinski definition) is 4. The molecule has 0 atom stereocenters. The highest BCUT2D eigenvalue weighted by Gasteiger charge is 2.14. The Morgan fingerprint density at radius 1 is 1.53 bits per heavy atom. The first-order valence-corrected chi connectivity index (χ1v) is 5.36. The summed E-state index contributed by atoms with van der Waals surface area (Å²) in [6, 6.07) is 3.97. The molecule has 0 saturated carbocycles. The van der Waals surface area contributed by atoms with E-state index in [0.29, 0.717) is 18.7 Å². The van der Waals surface area contributed by atoms with Crippen LogP contribution < -0.4 is 5.73 Å². The van der Waals surface area contributed by atoms with Crippen LogP contribution >= 0.6 is 0 Å². The van der Waals surface area contributed by atoms with Crippen molar-refractivity contribution in [3.8, 4) is 0 Å². The third-order valence-corrected chi connectivity index (χ3v) is 2.41. The highest BCUT2D eigenvalue weighted by Crippen LogP contribution is 2.18. The van der Waals surface area contributed by atoms with E-state index in [0.717, 1.165) is 13.0 Å². The van der Waals surface area contributed by atoms with Crippen molar-refractivity contribution < 1.29 is 9.31 Å². The summed E-state index contributed by atoms with van der Waals surface area (Å²) in [7, 11) is 1.90. The molecule has 0 fully saturated rings. The van der Waals surface area contributed by atoms with E-state index in [4.69, 9.17) is 5.73 Å². The number of nitro groups is 1. The molecule has 0 aliphatic rings. The molecule has 1 aromatic rings. The monoisotopic (exact) mass is 241 g/mol. The van der Waals surface area contributed by atoms with Crippen molar-refractivity contribution in [2.75, 3.05) is 20.1 Å². The van der Waals surface area contributed by atoms with Gasteiger partial charge in [-0.25, -0.2) is 0 Å². The van der Waals surface area contributed by atoms with Crippen molar-refractivity contribution >= 4 is 5.69 Å². The fraction of sp³-hybridized carbons (Fsp3) is 0.455. The second-order valence-corrected chi connectivity index (χ2v) is 3.92. The Bertz CT molecular complexity index is 398. The van der Waals surface area contributed by atoms with E-state index < -0.39 is 16.4 Å². The first-order chi connectivity index (χ1) is 8.04. The maximum atomic E-state index is 13.3. The summed E-state index contributed by atoms with van der Waals surface area (Å²) >= 11 is 0. The Morgan fingerprint density at radius 3 is 2.76 bits per heavy atom. The van der Waals surface area contributed by atoms with E-state index >= 15 is 0 Å². The lowest BCUT2D eigenvalue weighted by Crippen LogP contribution is -2.21. The summed E-state index contributed by atoms with van der Waals surface area (Å²) < 4.78 is 13.3. The molecule has 94 valence electrons. The number of rotatable bonds is 6. The first kappa shape index (κ1) is 13.5. The van der Waals surface area contributed by atoms with Gasteiger partial charge in [0, 0.05) is 12.6 Å². The van der Waals surface area contributed by atoms with Crippen molar-refractivity contribution in [1.82, 2.24) is 4.90 Å². The van der Waals surface area contributed by atoms with Gasteiger partial charge in [-0.2, -0.15) is 4.39 Å². The standard InChI is InChI=1S/C11H16FN3O2/c1-14(6-2-5-13)8-9-3-4-11(15(16)17)10(12)7-9/h3-4,7H,2,5-6,8,13H2,1H3. The number of hydrogen-bond donors (Lipinski definition) is 1. The molecule has 17 heavy (non-hydrogen) atoms. The second-order valence-electron chi connectivity index (χ2n) is 3.92. The third kappa shape index (κ3) is 4.08. The highest BCUT2D eigenvalue weighted by atomic mass is 19.1. The van der Waals surface area contributed by atoms with Crippen LogP contribution in [0.25, 0.3) is 0 Å². The smallest absolute Gasteiger partial charge is 0.304 e. The minimum atomic E-state index is -0.792. The molecule has 0 spiro atoms. The molecule has 5 nitrogen and oxygen atoms in total. The minimum absolute atomic E-state index is 0.488. The number of nitrogens with two attached hydrogens (primary N) is 1. The van der Waals surface area contributed by atoms with Crippen LogP contribution in [0.15, 0.2) is 18.2 Å². The van der Waals surface area contributed by atoms with Crippen LogP contribution in [0.1, 0.15) is 12.0 Å². The Balaban J connectivity index is 2.67. The zero-order valence-corrected chi connectivity index (χ0v) is 9.73. The van der Waals surface area contributed by atoms with Crippen LogP contribution in [0.3, 0.4) is 0 Å². The molecule has 0 radical (unpaired) electrons. The van der Waals surface area contributed by atoms with Crippen molar-refractivity contribution in [2.24, 2.45) is 5.73 Å². The average molecular weight is 241 g/mol. The predicted molar refractivity (Wildman–Crippen MR) is 63.1 cm³/mol. The van der Waals surface area contributed by atoms with Gasteiger partial charge >= 0.3 is 5.69 Å². The molecular formula is C11H16FN3O2. The Labute approximate surface area is 99.2 Å². The van der Waals surface area contributed by atoms with E-state index in [1.165, 1.54) is 12.1 Å². The lowest BCUT2D eigenvalue weighted by atomic mass is 10.2. The Hall–Kier alpha value is -1.53. The first-order valence-electron chi connectivity index (χ1n) is 5.36. The second kappa shape index (κ2) is 6.27. The van der Waals surface area contributed by atoms with E-state index in [1.54, 1.807) is 6.07 Å². The molecule has 0 amide bonds. The van der Waals surface area contributed by atoms with Crippen LogP contribution in [0.5, 0.6) is 0 Å². The summed E-state index contributed by atoms with van der Waals surface area (Å²) in [6.07, 6.45) is 0.867. The Morgan fingerprint density at radius 2 is 2.24 bits per heavy atom. The van der Waals surface area contributed by atoms with Gasteiger partial charge in [-0.1, -0.05) is 6.07 Å². The summed E-state index contributed by atoms with van der Waals surface area (Å²) in [5, 5.41) is 10.4. The average Bonchev–Trinajstić information content (AvgIpc) is 2.26. The van der Waals surface area contributed by atoms with E-state index in [2.05, 4.69) is 0 Å². The van der Waals surface area contributed by atoms with Crippen LogP contribution in [0.4, 0.5) is 10.1 Å². The van der Waals surface area contributed by atoms with Crippen LogP contribution in [0.2, 0.25) is 0 Å². The lowest BCUT2D eigenvalue weighted by Gasteiger charge is -2.15. The van der Waals surface area contributed by atoms with E-state index in [1.807, 2.05) is 11.9 Å². The van der Waals surface area contributed by atoms with Crippen LogP contribution in [0, 0.1) is 15.9 Å². The van der Waals surface area contributed by atoms with Gasteiger partial charge in [0.25, 0.3) is 0 Å². The molecule has 0 aliphatic heterocycles. The topological polar surface area (TPSA) is 72.4 Å². The number of nitro benzene ring substituents is 1. The largest absolute Gasteiger partial charge is 0.330 e. The molecule has 1 rings (SSSR count). The quantitative estimate of drug-likeness (QED) is 0.605. The van der Waals surface area contributed by atoms with Gasteiger partial charge in [0.1, 0.15) is 0 Å². The van der Waals surface area contributed by atoms with Gasteiger partial charge in [0.2, 0.25) is 5.82 Å². The summed E-state index contributed by atoms with van der Waals surface area (Å²) in [5.41, 5.74) is 5.61. The highest BCUT2D eigenvalue weighted by molar-refractivity contribution is 5.34. The molecule has 1 aromatic carbocycles. The number of benzene rings is 1. The summed E-state index contributed by atoms with van der Waals surface area (Å²) in [4.78, 5) is 11.7. The number of nitrogens with zero attached hydrogens (tertiary/aromatic N) is 2. The lowest BCUT2D eigenvalue weighted by molar-refractivity contribution is -0.387. The molecule has 0 saturated heterocycles. The van der Waals surface area contributed by atoms with Crippen molar-refractivity contribution in [1.29, 1.82) is 0 Å². The van der Waals surface area contributed by atoms with E-state index in [9.17, 15) is 14.5 Å². The molecule has 0 unspecified atom stereocenters. The van der Waals surface area contributed by atoms with Crippen molar-refractivity contribution in [3.05, 3.63) is 39.7 Å². The van der Waals surface area contributed by atoms with E-state index in [-0.39, 0.29) is 0 Å². The van der Waals surface area contributed by atoms with Gasteiger partial charge in [-0.05, 0) is 38.2 Å². The fourth-order valence-corrected chi connectivity index (χ4v) is 1.55. The molecular weight excluding hydrogens is 225 g/mol. The summed E-state index contributed by atoms with van der Waals surface area (Å²) in [6.45, 7) is 1.98. The molecule has 6 heteroatoms. The van der Waals surface area contributed by atoms with Gasteiger partial charge in [-0.3, -0.25) is 10.1 Å². The van der Waals surface area contributed by atoms with Crippen molar-refractivity contribution in [3.63, 3.8) is 0 Å². The zero-order chi connectivity index (χ0) is 12.8. The molecule has 0 aliphatic carbocycles. The third-order valence-electron chi connectivity index (χ3n) is 2.41. The summed E-state index contributed by atoms with van der Waals surface area (Å²) in [5.74, 6) is -0.792. The Kier molecular flexibility index (Phi) is 4.99. The molecule has 2 N–H and O–H groups in total. The fourth-order valence-electron chi connectivity index (χ4n) is 1.55. The van der Waals surface area contributed by atoms with Crippen molar-refractivity contribution in [2.45, 2.75) is 13.0 Å². The van der Waals surface area contributed by atoms with Crippen LogP contribution in [-0.4, -0.2) is 30.0 Å². The molecule has 0 aromatic heterocycles. The van der Waals surface area contributed by atoms with Gasteiger partial charge in [0.05, 0.1) is 4.92 Å². The molecule has 0 bridgehead atoms. The van der Waals surface area contributed by atoms with Crippen LogP contribution in [-0.2, 0) is 6.54 Å². The molecule has 0 heterocycles. The zero-order valence-electron chi connectivity index (χ0n) is 9.73. The maximum absolute atomic E-state index is 13.3. The van der Waals surface area contributed by atoms with Gasteiger partial charge in [-0.15, -0.1) is 0 Å². The van der Waals surface area contributed by atoms with Gasteiger partial charge < -0.3 is 10.6 Å². The van der Waals surface area contributed by atoms with Gasteiger partial charge in [0.15, 0.2) is 0 Å².